The molecule has 0 unspecified atom stereocenters. The van der Waals surface area contributed by atoms with E-state index < -0.39 is 16.8 Å². The van der Waals surface area contributed by atoms with Gasteiger partial charge in [0.15, 0.2) is 0 Å². The molecule has 8 nitrogen and oxygen atoms in total. The minimum absolute atomic E-state index is 0.00509. The number of carbonyl (C=O) groups is 2. The van der Waals surface area contributed by atoms with Gasteiger partial charge in [0.2, 0.25) is 5.91 Å². The number of para-hydroxylation sites is 1. The lowest BCUT2D eigenvalue weighted by Crippen LogP contribution is -2.23. The smallest absolute Gasteiger partial charge is 0.308 e. The molecular weight excluding hydrogens is 278 g/mol. The van der Waals surface area contributed by atoms with E-state index in [1.54, 1.807) is 13.8 Å². The number of hydrogen-bond acceptors (Lipinski definition) is 6. The van der Waals surface area contributed by atoms with Crippen LogP contribution in [-0.2, 0) is 20.9 Å². The number of ether oxygens (including phenoxy) is 1. The standard InChI is InChI=1S/C13H17N3O5/c1-8(2)13(18)21-7-9-4-3-5-10(16(19)20)12(9)15-11(17)6-14/h3-5,8H,6-7,14H2,1-2H3,(H,15,17). The zero-order valence-corrected chi connectivity index (χ0v) is 11.8. The number of nitrogens with two attached hydrogens (primary N) is 1. The van der Waals surface area contributed by atoms with Crippen LogP contribution in [0.1, 0.15) is 19.4 Å². The van der Waals surface area contributed by atoms with Crippen molar-refractivity contribution in [2.75, 3.05) is 11.9 Å². The largest absolute Gasteiger partial charge is 0.461 e. The molecule has 0 aliphatic heterocycles. The van der Waals surface area contributed by atoms with Crippen molar-refractivity contribution in [3.63, 3.8) is 0 Å². The van der Waals surface area contributed by atoms with E-state index in [4.69, 9.17) is 10.5 Å². The molecule has 0 saturated carbocycles. The summed E-state index contributed by atoms with van der Waals surface area (Å²) in [5.74, 6) is -1.32. The maximum absolute atomic E-state index is 11.5. The Kier molecular flexibility index (Phi) is 5.79. The Morgan fingerprint density at radius 2 is 2.10 bits per heavy atom. The van der Waals surface area contributed by atoms with Crippen molar-refractivity contribution in [2.24, 2.45) is 11.7 Å². The lowest BCUT2D eigenvalue weighted by molar-refractivity contribution is -0.384. The minimum atomic E-state index is -0.625. The first-order valence-electron chi connectivity index (χ1n) is 6.29. The third-order valence-electron chi connectivity index (χ3n) is 2.62. The van der Waals surface area contributed by atoms with Crippen LogP contribution < -0.4 is 11.1 Å². The summed E-state index contributed by atoms with van der Waals surface area (Å²) >= 11 is 0. The van der Waals surface area contributed by atoms with E-state index in [2.05, 4.69) is 5.32 Å². The number of benzene rings is 1. The molecule has 0 aromatic heterocycles. The molecule has 1 rings (SSSR count). The van der Waals surface area contributed by atoms with E-state index in [9.17, 15) is 19.7 Å². The number of carbonyl (C=O) groups excluding carboxylic acids is 2. The normalized spacial score (nSPS) is 10.3. The van der Waals surface area contributed by atoms with Gasteiger partial charge in [-0.05, 0) is 0 Å². The average molecular weight is 295 g/mol. The van der Waals surface area contributed by atoms with Crippen LogP contribution >= 0.6 is 0 Å². The molecule has 0 aliphatic carbocycles. The topological polar surface area (TPSA) is 125 Å². The lowest BCUT2D eigenvalue weighted by atomic mass is 10.1. The summed E-state index contributed by atoms with van der Waals surface area (Å²) in [6, 6.07) is 4.24. The van der Waals surface area contributed by atoms with Gasteiger partial charge in [0.05, 0.1) is 17.4 Å². The molecule has 1 aromatic rings. The van der Waals surface area contributed by atoms with E-state index in [1.165, 1.54) is 18.2 Å². The maximum Gasteiger partial charge on any atom is 0.308 e. The second-order valence-corrected chi connectivity index (χ2v) is 4.58. The fourth-order valence-corrected chi connectivity index (χ4v) is 1.51. The molecule has 0 atom stereocenters. The van der Waals surface area contributed by atoms with Crippen molar-refractivity contribution < 1.29 is 19.2 Å². The van der Waals surface area contributed by atoms with Crippen LogP contribution in [0.25, 0.3) is 0 Å². The Morgan fingerprint density at radius 3 is 2.62 bits per heavy atom. The van der Waals surface area contributed by atoms with E-state index in [0.29, 0.717) is 5.56 Å². The van der Waals surface area contributed by atoms with Crippen LogP contribution in [-0.4, -0.2) is 23.3 Å². The van der Waals surface area contributed by atoms with Crippen LogP contribution in [0.3, 0.4) is 0 Å². The zero-order valence-electron chi connectivity index (χ0n) is 11.8. The first-order chi connectivity index (χ1) is 9.86. The number of rotatable bonds is 6. The molecule has 0 aliphatic rings. The van der Waals surface area contributed by atoms with Crippen molar-refractivity contribution in [3.05, 3.63) is 33.9 Å². The quantitative estimate of drug-likeness (QED) is 0.461. The summed E-state index contributed by atoms with van der Waals surface area (Å²) < 4.78 is 5.04. The van der Waals surface area contributed by atoms with Gasteiger partial charge in [0, 0.05) is 11.6 Å². The number of amides is 1. The molecule has 21 heavy (non-hydrogen) atoms. The van der Waals surface area contributed by atoms with Crippen molar-refractivity contribution in [2.45, 2.75) is 20.5 Å². The zero-order chi connectivity index (χ0) is 16.0. The first kappa shape index (κ1) is 16.6. The van der Waals surface area contributed by atoms with Crippen LogP contribution in [0.5, 0.6) is 0 Å². The summed E-state index contributed by atoms with van der Waals surface area (Å²) in [7, 11) is 0. The van der Waals surface area contributed by atoms with Gasteiger partial charge in [0.25, 0.3) is 5.69 Å². The summed E-state index contributed by atoms with van der Waals surface area (Å²) in [5.41, 5.74) is 5.24. The number of nitro benzene ring substituents is 1. The Labute approximate surface area is 121 Å². The van der Waals surface area contributed by atoms with E-state index in [1.807, 2.05) is 0 Å². The van der Waals surface area contributed by atoms with Gasteiger partial charge in [-0.1, -0.05) is 26.0 Å². The fraction of sp³-hybridized carbons (Fsp3) is 0.385. The van der Waals surface area contributed by atoms with Crippen molar-refractivity contribution >= 4 is 23.3 Å². The number of nitrogens with zero attached hydrogens (tertiary/aromatic N) is 1. The molecule has 1 aromatic carbocycles. The van der Waals surface area contributed by atoms with Gasteiger partial charge in [-0.25, -0.2) is 0 Å². The Balaban J connectivity index is 3.06. The highest BCUT2D eigenvalue weighted by molar-refractivity contribution is 5.95. The number of esters is 1. The van der Waals surface area contributed by atoms with Gasteiger partial charge in [-0.3, -0.25) is 19.7 Å². The average Bonchev–Trinajstić information content (AvgIpc) is 2.44. The molecular formula is C13H17N3O5. The predicted octanol–water partition coefficient (Wildman–Crippen LogP) is 1.19. The highest BCUT2D eigenvalue weighted by atomic mass is 16.6. The second-order valence-electron chi connectivity index (χ2n) is 4.58. The summed E-state index contributed by atoms with van der Waals surface area (Å²) in [6.07, 6.45) is 0. The third-order valence-corrected chi connectivity index (χ3v) is 2.62. The van der Waals surface area contributed by atoms with Gasteiger partial charge in [0.1, 0.15) is 12.3 Å². The van der Waals surface area contributed by atoms with Crippen molar-refractivity contribution in [1.29, 1.82) is 0 Å². The molecule has 0 heterocycles. The lowest BCUT2D eigenvalue weighted by Gasteiger charge is -2.12. The molecule has 114 valence electrons. The van der Waals surface area contributed by atoms with E-state index >= 15 is 0 Å². The molecule has 0 fully saturated rings. The number of hydrogen-bond donors (Lipinski definition) is 2. The van der Waals surface area contributed by atoms with Crippen molar-refractivity contribution in [1.82, 2.24) is 0 Å². The fourth-order valence-electron chi connectivity index (χ4n) is 1.51. The molecule has 0 spiro atoms. The summed E-state index contributed by atoms with van der Waals surface area (Å²) in [6.45, 7) is 2.87. The molecule has 0 bridgehead atoms. The number of nitro groups is 1. The van der Waals surface area contributed by atoms with E-state index in [0.717, 1.165) is 0 Å². The molecule has 8 heteroatoms. The predicted molar refractivity (Wildman–Crippen MR) is 75.4 cm³/mol. The Hall–Kier alpha value is -2.48. The summed E-state index contributed by atoms with van der Waals surface area (Å²) in [4.78, 5) is 33.2. The van der Waals surface area contributed by atoms with Crippen LogP contribution in [0.4, 0.5) is 11.4 Å². The molecule has 0 radical (unpaired) electrons. The maximum atomic E-state index is 11.5. The van der Waals surface area contributed by atoms with Gasteiger partial charge >= 0.3 is 5.97 Å². The number of nitrogens with one attached hydrogen (secondary N) is 1. The van der Waals surface area contributed by atoms with Crippen LogP contribution in [0.15, 0.2) is 18.2 Å². The monoisotopic (exact) mass is 295 g/mol. The highest BCUT2D eigenvalue weighted by Gasteiger charge is 2.20. The van der Waals surface area contributed by atoms with Crippen LogP contribution in [0, 0.1) is 16.0 Å². The molecule has 1 amide bonds. The van der Waals surface area contributed by atoms with E-state index in [-0.39, 0.29) is 30.4 Å². The third kappa shape index (κ3) is 4.53. The second kappa shape index (κ2) is 7.34. The Morgan fingerprint density at radius 1 is 1.43 bits per heavy atom. The van der Waals surface area contributed by atoms with Crippen molar-refractivity contribution in [3.8, 4) is 0 Å². The SMILES string of the molecule is CC(C)C(=O)OCc1cccc([N+](=O)[O-])c1NC(=O)CN. The first-order valence-corrected chi connectivity index (χ1v) is 6.29. The molecule has 0 saturated heterocycles. The summed E-state index contributed by atoms with van der Waals surface area (Å²) in [5, 5.41) is 13.4. The van der Waals surface area contributed by atoms with Gasteiger partial charge < -0.3 is 15.8 Å². The van der Waals surface area contributed by atoms with Gasteiger partial charge in [-0.15, -0.1) is 0 Å². The Bertz CT molecular complexity index is 557. The number of anilines is 1. The van der Waals surface area contributed by atoms with Gasteiger partial charge in [-0.2, -0.15) is 0 Å². The highest BCUT2D eigenvalue weighted by Crippen LogP contribution is 2.29. The minimum Gasteiger partial charge on any atom is -0.461 e. The molecule has 3 N–H and O–H groups in total. The van der Waals surface area contributed by atoms with Crippen LogP contribution in [0.2, 0.25) is 0 Å².